The molecule has 0 unspecified atom stereocenters. The minimum absolute atomic E-state index is 0.0916. The van der Waals surface area contributed by atoms with Crippen LogP contribution in [0.15, 0.2) is 12.1 Å². The molecule has 1 N–H and O–H groups in total. The molecule has 0 aliphatic heterocycles. The molecular weight excluding hydrogens is 170 g/mol. The van der Waals surface area contributed by atoms with Crippen LogP contribution in [0.2, 0.25) is 0 Å². The largest absolute Gasteiger partial charge is 0.340 e. The number of hydrogen-bond donors (Lipinski definition) is 1. The fourth-order valence-electron chi connectivity index (χ4n) is 0.775. The van der Waals surface area contributed by atoms with Crippen molar-refractivity contribution in [3.63, 3.8) is 0 Å². The van der Waals surface area contributed by atoms with E-state index in [4.69, 9.17) is 6.42 Å². The Hall–Kier alpha value is -1.27. The molecule has 0 saturated carbocycles. The number of amides is 1. The zero-order valence-corrected chi connectivity index (χ0v) is 7.57. The van der Waals surface area contributed by atoms with Crippen LogP contribution in [-0.2, 0) is 0 Å². The molecule has 0 spiro atoms. The molecule has 0 bridgehead atoms. The molecule has 1 amide bonds. The van der Waals surface area contributed by atoms with Gasteiger partial charge in [0.2, 0.25) is 0 Å². The van der Waals surface area contributed by atoms with Gasteiger partial charge in [-0.05, 0) is 19.1 Å². The Kier molecular flexibility index (Phi) is 2.89. The minimum atomic E-state index is -0.0916. The van der Waals surface area contributed by atoms with Gasteiger partial charge in [-0.15, -0.1) is 17.8 Å². The summed E-state index contributed by atoms with van der Waals surface area (Å²) < 4.78 is 0. The van der Waals surface area contributed by atoms with E-state index in [-0.39, 0.29) is 12.5 Å². The van der Waals surface area contributed by atoms with Gasteiger partial charge in [0.25, 0.3) is 5.91 Å². The van der Waals surface area contributed by atoms with Crippen LogP contribution in [0.1, 0.15) is 14.5 Å². The van der Waals surface area contributed by atoms with Gasteiger partial charge in [0.15, 0.2) is 0 Å². The predicted octanol–water partition coefficient (Wildman–Crippen LogP) is 1.42. The van der Waals surface area contributed by atoms with Crippen molar-refractivity contribution >= 4 is 17.2 Å². The first-order valence-electron chi connectivity index (χ1n) is 3.52. The van der Waals surface area contributed by atoms with E-state index in [0.29, 0.717) is 4.88 Å². The van der Waals surface area contributed by atoms with Gasteiger partial charge in [-0.2, -0.15) is 0 Å². The van der Waals surface area contributed by atoms with Gasteiger partial charge >= 0.3 is 0 Å². The van der Waals surface area contributed by atoms with Crippen LogP contribution in [0.3, 0.4) is 0 Å². The van der Waals surface area contributed by atoms with Crippen molar-refractivity contribution in [1.29, 1.82) is 0 Å². The highest BCUT2D eigenvalue weighted by Crippen LogP contribution is 2.14. The summed E-state index contributed by atoms with van der Waals surface area (Å²) in [6.07, 6.45) is 5.00. The van der Waals surface area contributed by atoms with Crippen LogP contribution in [0.4, 0.5) is 0 Å². The van der Waals surface area contributed by atoms with Crippen LogP contribution in [0.5, 0.6) is 0 Å². The fourth-order valence-corrected chi connectivity index (χ4v) is 1.56. The van der Waals surface area contributed by atoms with E-state index in [9.17, 15) is 4.79 Å². The Morgan fingerprint density at radius 2 is 2.50 bits per heavy atom. The van der Waals surface area contributed by atoms with Crippen LogP contribution in [0.25, 0.3) is 0 Å². The Balaban J connectivity index is 2.61. The summed E-state index contributed by atoms with van der Waals surface area (Å²) in [7, 11) is 0. The molecule has 1 aromatic rings. The second-order valence-electron chi connectivity index (χ2n) is 2.30. The molecular formula is C9H9NOS. The van der Waals surface area contributed by atoms with Crippen LogP contribution >= 0.6 is 11.3 Å². The zero-order chi connectivity index (χ0) is 8.97. The lowest BCUT2D eigenvalue weighted by Crippen LogP contribution is -2.22. The summed E-state index contributed by atoms with van der Waals surface area (Å²) in [5.41, 5.74) is 0. The number of terminal acetylenes is 1. The topological polar surface area (TPSA) is 29.1 Å². The molecule has 62 valence electrons. The Morgan fingerprint density at radius 1 is 1.75 bits per heavy atom. The van der Waals surface area contributed by atoms with Gasteiger partial charge < -0.3 is 5.32 Å². The third-order valence-corrected chi connectivity index (χ3v) is 2.31. The first kappa shape index (κ1) is 8.82. The molecule has 0 radical (unpaired) electrons. The monoisotopic (exact) mass is 179 g/mol. The van der Waals surface area contributed by atoms with E-state index in [2.05, 4.69) is 11.2 Å². The van der Waals surface area contributed by atoms with E-state index < -0.39 is 0 Å². The average Bonchev–Trinajstić information content (AvgIpc) is 2.47. The molecule has 0 aliphatic carbocycles. The standard InChI is InChI=1S/C9H9NOS/c1-3-6-10-9(11)8-5-4-7(2)12-8/h1,4-5H,6H2,2H3,(H,10,11). The number of hydrogen-bond acceptors (Lipinski definition) is 2. The van der Waals surface area contributed by atoms with E-state index in [1.165, 1.54) is 11.3 Å². The van der Waals surface area contributed by atoms with Crippen molar-refractivity contribution in [1.82, 2.24) is 5.32 Å². The number of carbonyl (C=O) groups is 1. The van der Waals surface area contributed by atoms with Crippen molar-refractivity contribution < 1.29 is 4.79 Å². The summed E-state index contributed by atoms with van der Waals surface area (Å²) in [4.78, 5) is 13.1. The van der Waals surface area contributed by atoms with Crippen molar-refractivity contribution in [3.8, 4) is 12.3 Å². The van der Waals surface area contributed by atoms with Crippen molar-refractivity contribution in [3.05, 3.63) is 21.9 Å². The quantitative estimate of drug-likeness (QED) is 0.683. The molecule has 0 saturated heterocycles. The highest BCUT2D eigenvalue weighted by Gasteiger charge is 2.05. The van der Waals surface area contributed by atoms with Gasteiger partial charge in [0, 0.05) is 4.88 Å². The lowest BCUT2D eigenvalue weighted by Gasteiger charge is -1.95. The third-order valence-electron chi connectivity index (χ3n) is 1.32. The lowest BCUT2D eigenvalue weighted by molar-refractivity contribution is 0.0963. The number of aryl methyl sites for hydroxylation is 1. The minimum Gasteiger partial charge on any atom is -0.340 e. The number of rotatable bonds is 2. The first-order valence-corrected chi connectivity index (χ1v) is 4.34. The SMILES string of the molecule is C#CCNC(=O)c1ccc(C)s1. The highest BCUT2D eigenvalue weighted by atomic mass is 32.1. The second-order valence-corrected chi connectivity index (χ2v) is 3.58. The van der Waals surface area contributed by atoms with E-state index in [0.717, 1.165) is 4.88 Å². The summed E-state index contributed by atoms with van der Waals surface area (Å²) in [5, 5.41) is 2.60. The number of carbonyl (C=O) groups excluding carboxylic acids is 1. The molecule has 0 atom stereocenters. The highest BCUT2D eigenvalue weighted by molar-refractivity contribution is 7.13. The predicted molar refractivity (Wildman–Crippen MR) is 50.2 cm³/mol. The maximum Gasteiger partial charge on any atom is 0.262 e. The van der Waals surface area contributed by atoms with Crippen molar-refractivity contribution in [2.24, 2.45) is 0 Å². The number of nitrogens with one attached hydrogen (secondary N) is 1. The van der Waals surface area contributed by atoms with Gasteiger partial charge in [-0.1, -0.05) is 5.92 Å². The normalized spacial score (nSPS) is 9.00. The van der Waals surface area contributed by atoms with Gasteiger partial charge in [-0.3, -0.25) is 4.79 Å². The number of thiophene rings is 1. The molecule has 0 aliphatic rings. The lowest BCUT2D eigenvalue weighted by atomic mass is 10.4. The zero-order valence-electron chi connectivity index (χ0n) is 6.76. The third kappa shape index (κ3) is 2.11. The van der Waals surface area contributed by atoms with E-state index in [1.807, 2.05) is 13.0 Å². The summed E-state index contributed by atoms with van der Waals surface area (Å²) in [6.45, 7) is 2.25. The summed E-state index contributed by atoms with van der Waals surface area (Å²) in [5.74, 6) is 2.26. The van der Waals surface area contributed by atoms with Gasteiger partial charge in [0.05, 0.1) is 11.4 Å². The second kappa shape index (κ2) is 3.93. The summed E-state index contributed by atoms with van der Waals surface area (Å²) >= 11 is 1.47. The molecule has 1 rings (SSSR count). The van der Waals surface area contributed by atoms with E-state index >= 15 is 0 Å². The van der Waals surface area contributed by atoms with Crippen molar-refractivity contribution in [2.75, 3.05) is 6.54 Å². The van der Waals surface area contributed by atoms with Crippen LogP contribution in [-0.4, -0.2) is 12.5 Å². The molecule has 3 heteroatoms. The smallest absolute Gasteiger partial charge is 0.262 e. The Bertz CT molecular complexity index is 322. The Labute approximate surface area is 75.6 Å². The molecule has 1 heterocycles. The summed E-state index contributed by atoms with van der Waals surface area (Å²) in [6, 6.07) is 3.71. The molecule has 0 aromatic carbocycles. The van der Waals surface area contributed by atoms with Crippen molar-refractivity contribution in [2.45, 2.75) is 6.92 Å². The average molecular weight is 179 g/mol. The Morgan fingerprint density at radius 3 is 3.00 bits per heavy atom. The molecule has 12 heavy (non-hydrogen) atoms. The fraction of sp³-hybridized carbons (Fsp3) is 0.222. The van der Waals surface area contributed by atoms with Crippen LogP contribution < -0.4 is 5.32 Å². The first-order chi connectivity index (χ1) is 5.74. The van der Waals surface area contributed by atoms with Gasteiger partial charge in [-0.25, -0.2) is 0 Å². The molecule has 0 fully saturated rings. The van der Waals surface area contributed by atoms with Crippen LogP contribution in [0, 0.1) is 19.3 Å². The maximum atomic E-state index is 11.2. The van der Waals surface area contributed by atoms with Gasteiger partial charge in [0.1, 0.15) is 0 Å². The van der Waals surface area contributed by atoms with E-state index in [1.54, 1.807) is 6.07 Å². The maximum absolute atomic E-state index is 11.2. The molecule has 1 aromatic heterocycles. The molecule has 2 nitrogen and oxygen atoms in total.